The summed E-state index contributed by atoms with van der Waals surface area (Å²) in [5, 5.41) is 0. The van der Waals surface area contributed by atoms with Gasteiger partial charge in [0.25, 0.3) is 0 Å². The molecule has 13 heavy (non-hydrogen) atoms. The zero-order valence-corrected chi connectivity index (χ0v) is 7.93. The molecule has 0 saturated heterocycles. The lowest BCUT2D eigenvalue weighted by molar-refractivity contribution is 0.544. The van der Waals surface area contributed by atoms with Gasteiger partial charge in [-0.15, -0.1) is 0 Å². The number of hydrogen-bond donors (Lipinski definition) is 1. The Morgan fingerprint density at radius 2 is 2.31 bits per heavy atom. The van der Waals surface area contributed by atoms with Crippen molar-refractivity contribution in [1.29, 1.82) is 0 Å². The SMILES string of the molecule is NC([C]=O)c1cccc2c1CSC2. The molecular formula is C10H10NOS. The van der Waals surface area contributed by atoms with Crippen LogP contribution in [0.2, 0.25) is 0 Å². The molecule has 1 heterocycles. The second-order valence-electron chi connectivity index (χ2n) is 3.07. The average molecular weight is 192 g/mol. The molecule has 1 unspecified atom stereocenters. The van der Waals surface area contributed by atoms with E-state index in [-0.39, 0.29) is 0 Å². The highest BCUT2D eigenvalue weighted by molar-refractivity contribution is 7.98. The molecule has 0 saturated carbocycles. The van der Waals surface area contributed by atoms with E-state index in [1.165, 1.54) is 11.1 Å². The smallest absolute Gasteiger partial charge is 0.221 e. The van der Waals surface area contributed by atoms with Gasteiger partial charge < -0.3 is 5.73 Å². The Labute approximate surface area is 81.5 Å². The molecule has 1 aromatic carbocycles. The van der Waals surface area contributed by atoms with Crippen molar-refractivity contribution in [3.05, 3.63) is 34.9 Å². The third-order valence-corrected chi connectivity index (χ3v) is 3.28. The van der Waals surface area contributed by atoms with Gasteiger partial charge in [-0.1, -0.05) is 18.2 Å². The first-order chi connectivity index (χ1) is 6.33. The van der Waals surface area contributed by atoms with E-state index in [2.05, 4.69) is 6.07 Å². The van der Waals surface area contributed by atoms with Crippen LogP contribution < -0.4 is 5.73 Å². The molecule has 0 bridgehead atoms. The largest absolute Gasteiger partial charge is 0.317 e. The summed E-state index contributed by atoms with van der Waals surface area (Å²) in [6.45, 7) is 0. The molecule has 1 aromatic rings. The Morgan fingerprint density at radius 3 is 3.08 bits per heavy atom. The molecule has 0 aliphatic carbocycles. The van der Waals surface area contributed by atoms with Crippen LogP contribution in [0.4, 0.5) is 0 Å². The van der Waals surface area contributed by atoms with Crippen LogP contribution in [0.25, 0.3) is 0 Å². The van der Waals surface area contributed by atoms with Crippen LogP contribution in [-0.4, -0.2) is 6.29 Å². The van der Waals surface area contributed by atoms with Crippen molar-refractivity contribution >= 4 is 18.0 Å². The molecule has 0 aromatic heterocycles. The first kappa shape index (κ1) is 8.78. The Hall–Kier alpha value is -0.800. The zero-order chi connectivity index (χ0) is 9.26. The number of nitrogens with two attached hydrogens (primary N) is 1. The number of rotatable bonds is 2. The van der Waals surface area contributed by atoms with Crippen LogP contribution in [-0.2, 0) is 16.3 Å². The zero-order valence-electron chi connectivity index (χ0n) is 7.12. The van der Waals surface area contributed by atoms with E-state index < -0.39 is 6.04 Å². The number of carbonyl (C=O) groups excluding carboxylic acids is 1. The lowest BCUT2D eigenvalue weighted by atomic mass is 9.99. The first-order valence-electron chi connectivity index (χ1n) is 4.14. The van der Waals surface area contributed by atoms with Gasteiger partial charge >= 0.3 is 0 Å². The second kappa shape index (κ2) is 3.52. The molecule has 1 atom stereocenters. The minimum absolute atomic E-state index is 0.575. The number of thioether (sulfide) groups is 1. The van der Waals surface area contributed by atoms with Gasteiger partial charge in [0.15, 0.2) is 0 Å². The van der Waals surface area contributed by atoms with Gasteiger partial charge in [-0.2, -0.15) is 11.8 Å². The molecule has 2 N–H and O–H groups in total. The molecule has 3 heteroatoms. The van der Waals surface area contributed by atoms with Crippen molar-refractivity contribution in [3.8, 4) is 0 Å². The fourth-order valence-corrected chi connectivity index (χ4v) is 2.73. The van der Waals surface area contributed by atoms with Crippen LogP contribution >= 0.6 is 11.8 Å². The summed E-state index contributed by atoms with van der Waals surface area (Å²) in [6, 6.07) is 5.39. The monoisotopic (exact) mass is 192 g/mol. The first-order valence-corrected chi connectivity index (χ1v) is 5.30. The van der Waals surface area contributed by atoms with Gasteiger partial charge in [-0.25, -0.2) is 0 Å². The fourth-order valence-electron chi connectivity index (χ4n) is 1.58. The second-order valence-corrected chi connectivity index (χ2v) is 4.06. The lowest BCUT2D eigenvalue weighted by Crippen LogP contribution is -2.13. The highest BCUT2D eigenvalue weighted by atomic mass is 32.2. The summed E-state index contributed by atoms with van der Waals surface area (Å²) in [4.78, 5) is 10.4. The Balaban J connectivity index is 2.46. The van der Waals surface area contributed by atoms with Crippen LogP contribution in [0.15, 0.2) is 18.2 Å². The van der Waals surface area contributed by atoms with E-state index in [1.807, 2.05) is 30.2 Å². The van der Waals surface area contributed by atoms with E-state index in [4.69, 9.17) is 5.73 Å². The van der Waals surface area contributed by atoms with Gasteiger partial charge in [-0.05, 0) is 16.7 Å². The van der Waals surface area contributed by atoms with Crippen molar-refractivity contribution < 1.29 is 4.79 Å². The van der Waals surface area contributed by atoms with Gasteiger partial charge in [0.2, 0.25) is 6.29 Å². The summed E-state index contributed by atoms with van der Waals surface area (Å²) >= 11 is 1.86. The number of hydrogen-bond acceptors (Lipinski definition) is 3. The third-order valence-electron chi connectivity index (χ3n) is 2.28. The van der Waals surface area contributed by atoms with Crippen LogP contribution in [0, 0.1) is 0 Å². The highest BCUT2D eigenvalue weighted by Crippen LogP contribution is 2.33. The summed E-state index contributed by atoms with van der Waals surface area (Å²) in [5.74, 6) is 2.01. The van der Waals surface area contributed by atoms with Crippen LogP contribution in [0.1, 0.15) is 22.7 Å². The molecule has 2 rings (SSSR count). The van der Waals surface area contributed by atoms with Crippen LogP contribution in [0.3, 0.4) is 0 Å². The molecular weight excluding hydrogens is 182 g/mol. The van der Waals surface area contributed by atoms with E-state index in [0.29, 0.717) is 0 Å². The quantitative estimate of drug-likeness (QED) is 0.773. The standard InChI is InChI=1S/C10H10NOS/c11-10(4-12)8-3-1-2-7-5-13-6-9(7)8/h1-3,10H,5-6,11H2. The highest BCUT2D eigenvalue weighted by Gasteiger charge is 2.18. The Morgan fingerprint density at radius 1 is 1.46 bits per heavy atom. The predicted molar refractivity (Wildman–Crippen MR) is 54.1 cm³/mol. The maximum Gasteiger partial charge on any atom is 0.221 e. The van der Waals surface area contributed by atoms with Gasteiger partial charge in [0.05, 0.1) is 6.04 Å². The summed E-state index contributed by atoms with van der Waals surface area (Å²) in [5.41, 5.74) is 9.13. The van der Waals surface area contributed by atoms with Crippen molar-refractivity contribution in [2.75, 3.05) is 0 Å². The maximum atomic E-state index is 10.4. The number of benzene rings is 1. The molecule has 1 radical (unpaired) electrons. The van der Waals surface area contributed by atoms with E-state index in [1.54, 1.807) is 0 Å². The predicted octanol–water partition coefficient (Wildman–Crippen LogP) is 1.54. The molecule has 1 aliphatic rings. The fraction of sp³-hybridized carbons (Fsp3) is 0.300. The van der Waals surface area contributed by atoms with Crippen molar-refractivity contribution in [1.82, 2.24) is 0 Å². The van der Waals surface area contributed by atoms with E-state index >= 15 is 0 Å². The van der Waals surface area contributed by atoms with E-state index in [9.17, 15) is 4.79 Å². The van der Waals surface area contributed by atoms with Crippen molar-refractivity contribution in [2.45, 2.75) is 17.5 Å². The lowest BCUT2D eigenvalue weighted by Gasteiger charge is -2.08. The normalized spacial score (nSPS) is 16.7. The van der Waals surface area contributed by atoms with Gasteiger partial charge in [0, 0.05) is 11.5 Å². The van der Waals surface area contributed by atoms with Gasteiger partial charge in [0.1, 0.15) is 0 Å². The van der Waals surface area contributed by atoms with E-state index in [0.717, 1.165) is 17.1 Å². The topological polar surface area (TPSA) is 43.1 Å². The summed E-state index contributed by atoms with van der Waals surface area (Å²) in [6.07, 6.45) is 1.83. The Bertz CT molecular complexity index is 338. The molecule has 1 aliphatic heterocycles. The Kier molecular flexibility index (Phi) is 2.38. The minimum atomic E-state index is -0.575. The third kappa shape index (κ3) is 1.49. The average Bonchev–Trinajstić information content (AvgIpc) is 2.63. The molecule has 0 amide bonds. The van der Waals surface area contributed by atoms with Crippen LogP contribution in [0.5, 0.6) is 0 Å². The van der Waals surface area contributed by atoms with Crippen molar-refractivity contribution in [2.24, 2.45) is 5.73 Å². The summed E-state index contributed by atoms with van der Waals surface area (Å²) < 4.78 is 0. The maximum absolute atomic E-state index is 10.4. The number of fused-ring (bicyclic) bond motifs is 1. The van der Waals surface area contributed by atoms with Gasteiger partial charge in [-0.3, -0.25) is 4.79 Å². The van der Waals surface area contributed by atoms with Crippen molar-refractivity contribution in [3.63, 3.8) is 0 Å². The minimum Gasteiger partial charge on any atom is -0.317 e. The molecule has 2 nitrogen and oxygen atoms in total. The molecule has 0 spiro atoms. The molecule has 67 valence electrons. The molecule has 0 fully saturated rings. The summed E-state index contributed by atoms with van der Waals surface area (Å²) in [7, 11) is 0.